The first-order valence-electron chi connectivity index (χ1n) is 8.64. The van der Waals surface area contributed by atoms with Gasteiger partial charge in [0.25, 0.3) is 0 Å². The molecule has 1 fully saturated rings. The SMILES string of the molecule is CCCCCc1ccc([C@H]2CC[C@H](CC)CC2)c(F)c1F. The molecule has 0 nitrogen and oxygen atoms in total. The van der Waals surface area contributed by atoms with Crippen LogP contribution in [-0.4, -0.2) is 0 Å². The van der Waals surface area contributed by atoms with Crippen LogP contribution in [0.25, 0.3) is 0 Å². The first-order valence-corrected chi connectivity index (χ1v) is 8.64. The van der Waals surface area contributed by atoms with Gasteiger partial charge in [-0.25, -0.2) is 8.78 Å². The summed E-state index contributed by atoms with van der Waals surface area (Å²) in [6.07, 6.45) is 9.29. The van der Waals surface area contributed by atoms with Crippen molar-refractivity contribution in [1.29, 1.82) is 0 Å². The van der Waals surface area contributed by atoms with Gasteiger partial charge in [-0.05, 0) is 61.5 Å². The van der Waals surface area contributed by atoms with Crippen molar-refractivity contribution in [2.75, 3.05) is 0 Å². The third kappa shape index (κ3) is 4.05. The molecule has 1 aromatic carbocycles. The van der Waals surface area contributed by atoms with Crippen molar-refractivity contribution >= 4 is 0 Å². The zero-order valence-electron chi connectivity index (χ0n) is 13.4. The molecule has 0 radical (unpaired) electrons. The smallest absolute Gasteiger partial charge is 0.162 e. The quantitative estimate of drug-likeness (QED) is 0.534. The van der Waals surface area contributed by atoms with Gasteiger partial charge in [-0.2, -0.15) is 0 Å². The van der Waals surface area contributed by atoms with E-state index in [0.29, 0.717) is 17.5 Å². The van der Waals surface area contributed by atoms with Gasteiger partial charge in [-0.3, -0.25) is 0 Å². The predicted molar refractivity (Wildman–Crippen MR) is 84.6 cm³/mol. The van der Waals surface area contributed by atoms with Crippen molar-refractivity contribution in [3.05, 3.63) is 34.9 Å². The van der Waals surface area contributed by atoms with Gasteiger partial charge in [0.15, 0.2) is 11.6 Å². The standard InChI is InChI=1S/C19H28F2/c1-3-5-6-7-16-12-13-17(19(21)18(16)20)15-10-8-14(4-2)9-11-15/h12-15H,3-11H2,1-2H3/t14-,15-. The average Bonchev–Trinajstić information content (AvgIpc) is 2.52. The van der Waals surface area contributed by atoms with E-state index in [9.17, 15) is 8.78 Å². The second kappa shape index (κ2) is 7.91. The molecule has 2 rings (SSSR count). The Kier molecular flexibility index (Phi) is 6.20. The molecule has 0 N–H and O–H groups in total. The molecule has 0 aromatic heterocycles. The van der Waals surface area contributed by atoms with Crippen molar-refractivity contribution in [1.82, 2.24) is 0 Å². The number of unbranched alkanes of at least 4 members (excludes halogenated alkanes) is 2. The Morgan fingerprint density at radius 2 is 1.67 bits per heavy atom. The Labute approximate surface area is 128 Å². The van der Waals surface area contributed by atoms with Gasteiger partial charge >= 0.3 is 0 Å². The Morgan fingerprint density at radius 1 is 0.952 bits per heavy atom. The number of hydrogen-bond acceptors (Lipinski definition) is 0. The van der Waals surface area contributed by atoms with E-state index in [4.69, 9.17) is 0 Å². The fraction of sp³-hybridized carbons (Fsp3) is 0.684. The maximum absolute atomic E-state index is 14.4. The van der Waals surface area contributed by atoms with Crippen molar-refractivity contribution in [3.8, 4) is 0 Å². The van der Waals surface area contributed by atoms with Gasteiger partial charge in [0.05, 0.1) is 0 Å². The largest absolute Gasteiger partial charge is 0.203 e. The lowest BCUT2D eigenvalue weighted by atomic mass is 9.77. The Bertz CT molecular complexity index is 445. The van der Waals surface area contributed by atoms with Crippen molar-refractivity contribution in [3.63, 3.8) is 0 Å². The van der Waals surface area contributed by atoms with Crippen LogP contribution in [0.1, 0.15) is 82.3 Å². The lowest BCUT2D eigenvalue weighted by Gasteiger charge is -2.28. The predicted octanol–water partition coefficient (Wildman–Crippen LogP) is 6.38. The highest BCUT2D eigenvalue weighted by Crippen LogP contribution is 2.38. The number of rotatable bonds is 6. The molecule has 1 aromatic rings. The van der Waals surface area contributed by atoms with Crippen molar-refractivity contribution < 1.29 is 8.78 Å². The molecule has 2 heteroatoms. The van der Waals surface area contributed by atoms with Crippen LogP contribution in [0.2, 0.25) is 0 Å². The molecule has 0 bridgehead atoms. The molecule has 1 saturated carbocycles. The summed E-state index contributed by atoms with van der Waals surface area (Å²) < 4.78 is 28.6. The minimum Gasteiger partial charge on any atom is -0.203 e. The molecule has 21 heavy (non-hydrogen) atoms. The van der Waals surface area contributed by atoms with Crippen LogP contribution in [0.5, 0.6) is 0 Å². The molecule has 0 amide bonds. The molecule has 118 valence electrons. The van der Waals surface area contributed by atoms with E-state index in [1.165, 1.54) is 6.42 Å². The van der Waals surface area contributed by atoms with E-state index in [0.717, 1.165) is 50.9 Å². The molecule has 0 aliphatic heterocycles. The van der Waals surface area contributed by atoms with E-state index in [-0.39, 0.29) is 5.92 Å². The molecular formula is C19H28F2. The first-order chi connectivity index (χ1) is 10.2. The van der Waals surface area contributed by atoms with Gasteiger partial charge < -0.3 is 0 Å². The van der Waals surface area contributed by atoms with Crippen LogP contribution >= 0.6 is 0 Å². The van der Waals surface area contributed by atoms with Gasteiger partial charge in [-0.15, -0.1) is 0 Å². The van der Waals surface area contributed by atoms with Gasteiger partial charge in [-0.1, -0.05) is 45.2 Å². The monoisotopic (exact) mass is 294 g/mol. The van der Waals surface area contributed by atoms with Crippen LogP contribution in [0.3, 0.4) is 0 Å². The summed E-state index contributed by atoms with van der Waals surface area (Å²) in [5.41, 5.74) is 1.16. The van der Waals surface area contributed by atoms with Crippen LogP contribution in [0.4, 0.5) is 8.78 Å². The minimum atomic E-state index is -0.596. The first kappa shape index (κ1) is 16.5. The summed E-state index contributed by atoms with van der Waals surface area (Å²) in [5.74, 6) is -0.181. The summed E-state index contributed by atoms with van der Waals surface area (Å²) in [7, 11) is 0. The van der Waals surface area contributed by atoms with E-state index >= 15 is 0 Å². The maximum Gasteiger partial charge on any atom is 0.162 e. The van der Waals surface area contributed by atoms with Crippen LogP contribution in [-0.2, 0) is 6.42 Å². The fourth-order valence-corrected chi connectivity index (χ4v) is 3.56. The second-order valence-electron chi connectivity index (χ2n) is 6.52. The number of benzene rings is 1. The zero-order valence-corrected chi connectivity index (χ0v) is 13.4. The number of halogens is 2. The Morgan fingerprint density at radius 3 is 2.29 bits per heavy atom. The van der Waals surface area contributed by atoms with Crippen LogP contribution in [0, 0.1) is 17.6 Å². The second-order valence-corrected chi connectivity index (χ2v) is 6.52. The number of hydrogen-bond donors (Lipinski definition) is 0. The van der Waals surface area contributed by atoms with Gasteiger partial charge in [0.1, 0.15) is 0 Å². The third-order valence-corrected chi connectivity index (χ3v) is 5.11. The topological polar surface area (TPSA) is 0 Å². The molecule has 0 spiro atoms. The lowest BCUT2D eigenvalue weighted by Crippen LogP contribution is -2.14. The molecule has 0 saturated heterocycles. The van der Waals surface area contributed by atoms with E-state index in [2.05, 4.69) is 13.8 Å². The fourth-order valence-electron chi connectivity index (χ4n) is 3.56. The van der Waals surface area contributed by atoms with E-state index in [1.54, 1.807) is 0 Å². The summed E-state index contributed by atoms with van der Waals surface area (Å²) in [4.78, 5) is 0. The summed E-state index contributed by atoms with van der Waals surface area (Å²) >= 11 is 0. The lowest BCUT2D eigenvalue weighted by molar-refractivity contribution is 0.312. The highest BCUT2D eigenvalue weighted by atomic mass is 19.2. The summed E-state index contributed by atoms with van der Waals surface area (Å²) in [6, 6.07) is 3.66. The highest BCUT2D eigenvalue weighted by Gasteiger charge is 2.25. The van der Waals surface area contributed by atoms with Gasteiger partial charge in [0, 0.05) is 0 Å². The Hall–Kier alpha value is -0.920. The minimum absolute atomic E-state index is 0.215. The summed E-state index contributed by atoms with van der Waals surface area (Å²) in [6.45, 7) is 4.34. The maximum atomic E-state index is 14.4. The average molecular weight is 294 g/mol. The summed E-state index contributed by atoms with van der Waals surface area (Å²) in [5, 5.41) is 0. The van der Waals surface area contributed by atoms with Gasteiger partial charge in [0.2, 0.25) is 0 Å². The molecule has 1 aliphatic carbocycles. The molecular weight excluding hydrogens is 266 g/mol. The molecule has 0 atom stereocenters. The van der Waals surface area contributed by atoms with Crippen molar-refractivity contribution in [2.45, 2.75) is 77.6 Å². The third-order valence-electron chi connectivity index (χ3n) is 5.11. The zero-order chi connectivity index (χ0) is 15.2. The van der Waals surface area contributed by atoms with Crippen molar-refractivity contribution in [2.24, 2.45) is 5.92 Å². The number of aryl methyl sites for hydroxylation is 1. The Balaban J connectivity index is 2.06. The highest BCUT2D eigenvalue weighted by molar-refractivity contribution is 5.29. The molecule has 0 unspecified atom stereocenters. The molecule has 0 heterocycles. The molecule has 1 aliphatic rings. The van der Waals surface area contributed by atoms with Crippen LogP contribution < -0.4 is 0 Å². The van der Waals surface area contributed by atoms with Crippen LogP contribution in [0.15, 0.2) is 12.1 Å². The van der Waals surface area contributed by atoms with E-state index in [1.807, 2.05) is 12.1 Å². The van der Waals surface area contributed by atoms with E-state index < -0.39 is 11.6 Å². The normalized spacial score (nSPS) is 22.5.